The molecule has 2 fully saturated rings. The number of fused-ring (bicyclic) bond motifs is 1. The summed E-state index contributed by atoms with van der Waals surface area (Å²) in [5.41, 5.74) is 9.19. The molecular weight excluding hydrogens is 456 g/mol. The van der Waals surface area contributed by atoms with E-state index in [1.807, 2.05) is 17.2 Å². The summed E-state index contributed by atoms with van der Waals surface area (Å²) in [5, 5.41) is 10.5. The number of allylic oxidation sites excluding steroid dienone is 6. The molecule has 1 aliphatic carbocycles. The van der Waals surface area contributed by atoms with Crippen LogP contribution >= 0.6 is 0 Å². The van der Waals surface area contributed by atoms with Crippen LogP contribution < -0.4 is 5.32 Å². The lowest BCUT2D eigenvalue weighted by Gasteiger charge is -2.41. The van der Waals surface area contributed by atoms with Crippen molar-refractivity contribution in [3.05, 3.63) is 82.8 Å². The van der Waals surface area contributed by atoms with Gasteiger partial charge in [0.15, 0.2) is 0 Å². The largest absolute Gasteiger partial charge is 0.367 e. The van der Waals surface area contributed by atoms with Crippen molar-refractivity contribution in [3.63, 3.8) is 0 Å². The second-order valence-electron chi connectivity index (χ2n) is 11.3. The van der Waals surface area contributed by atoms with Crippen molar-refractivity contribution < 1.29 is 0 Å². The van der Waals surface area contributed by atoms with E-state index in [1.165, 1.54) is 34.5 Å². The van der Waals surface area contributed by atoms with Gasteiger partial charge in [0.25, 0.3) is 0 Å². The summed E-state index contributed by atoms with van der Waals surface area (Å²) in [7, 11) is 0. The highest BCUT2D eigenvalue weighted by atomic mass is 15.5. The number of nitrogens with zero attached hydrogens (tertiary/aromatic N) is 5. The summed E-state index contributed by atoms with van der Waals surface area (Å²) in [5.74, 6) is 1.51. The molecule has 0 bridgehead atoms. The van der Waals surface area contributed by atoms with Crippen molar-refractivity contribution in [1.82, 2.24) is 20.1 Å². The molecule has 0 radical (unpaired) electrons. The molecule has 196 valence electrons. The van der Waals surface area contributed by atoms with E-state index in [2.05, 4.69) is 87.8 Å². The van der Waals surface area contributed by atoms with E-state index in [4.69, 9.17) is 10.1 Å². The molecule has 1 N–H and O–H groups in total. The minimum Gasteiger partial charge on any atom is -0.367 e. The number of aliphatic imine (C=N–C) groups is 1. The van der Waals surface area contributed by atoms with Crippen molar-refractivity contribution in [2.75, 3.05) is 13.1 Å². The normalized spacial score (nSPS) is 27.2. The van der Waals surface area contributed by atoms with Crippen LogP contribution in [0.15, 0.2) is 92.9 Å². The first-order chi connectivity index (χ1) is 17.7. The van der Waals surface area contributed by atoms with Crippen molar-refractivity contribution >= 4 is 11.5 Å². The van der Waals surface area contributed by atoms with Gasteiger partial charge in [0.1, 0.15) is 11.5 Å². The van der Waals surface area contributed by atoms with Crippen molar-refractivity contribution in [2.24, 2.45) is 16.0 Å². The monoisotopic (exact) mass is 498 g/mol. The number of hydrogen-bond donors (Lipinski definition) is 1. The Kier molecular flexibility index (Phi) is 7.13. The molecule has 4 aliphatic heterocycles. The average Bonchev–Trinajstić information content (AvgIpc) is 2.83. The third-order valence-corrected chi connectivity index (χ3v) is 8.13. The van der Waals surface area contributed by atoms with Crippen molar-refractivity contribution in [1.29, 1.82) is 0 Å². The molecule has 4 heterocycles. The fourth-order valence-electron chi connectivity index (χ4n) is 5.46. The predicted octanol–water partition coefficient (Wildman–Crippen LogP) is 6.20. The predicted molar refractivity (Wildman–Crippen MR) is 154 cm³/mol. The molecule has 5 aliphatic rings. The first-order valence-corrected chi connectivity index (χ1v) is 13.9. The second-order valence-corrected chi connectivity index (χ2v) is 11.3. The van der Waals surface area contributed by atoms with Gasteiger partial charge in [-0.05, 0) is 94.7 Å². The fraction of sp³-hybridized carbons (Fsp3) is 0.484. The van der Waals surface area contributed by atoms with Crippen LogP contribution in [0.1, 0.15) is 67.2 Å². The summed E-state index contributed by atoms with van der Waals surface area (Å²) in [6.07, 6.45) is 17.7. The topological polar surface area (TPSA) is 46.5 Å². The summed E-state index contributed by atoms with van der Waals surface area (Å²) in [4.78, 5) is 10.0. The van der Waals surface area contributed by atoms with E-state index in [-0.39, 0.29) is 0 Å². The molecule has 6 nitrogen and oxygen atoms in total. The van der Waals surface area contributed by atoms with Crippen molar-refractivity contribution in [3.8, 4) is 0 Å². The maximum atomic E-state index is 5.17. The van der Waals surface area contributed by atoms with Gasteiger partial charge in [-0.15, -0.1) is 0 Å². The molecule has 3 atom stereocenters. The zero-order chi connectivity index (χ0) is 26.3. The van der Waals surface area contributed by atoms with Crippen LogP contribution in [0.2, 0.25) is 0 Å². The van der Waals surface area contributed by atoms with Crippen LogP contribution in [0.5, 0.6) is 0 Å². The molecule has 0 aromatic carbocycles. The molecule has 0 spiro atoms. The minimum atomic E-state index is 0.470. The van der Waals surface area contributed by atoms with Crippen LogP contribution in [0.3, 0.4) is 0 Å². The molecule has 37 heavy (non-hydrogen) atoms. The second kappa shape index (κ2) is 10.3. The molecule has 0 aromatic heterocycles. The molecular formula is C31H42N6. The molecule has 0 aromatic rings. The molecule has 1 saturated carbocycles. The number of amidine groups is 1. The Labute approximate surface area is 222 Å². The molecule has 5 rings (SSSR count). The molecule has 1 saturated heterocycles. The number of hydrogen-bond acceptors (Lipinski definition) is 6. The lowest BCUT2D eigenvalue weighted by atomic mass is 9.88. The fourth-order valence-corrected chi connectivity index (χ4v) is 5.46. The summed E-state index contributed by atoms with van der Waals surface area (Å²) < 4.78 is 0. The Morgan fingerprint density at radius 2 is 1.92 bits per heavy atom. The molecule has 0 amide bonds. The summed E-state index contributed by atoms with van der Waals surface area (Å²) in [6.45, 7) is 19.6. The van der Waals surface area contributed by atoms with E-state index in [0.717, 1.165) is 55.3 Å². The van der Waals surface area contributed by atoms with Gasteiger partial charge in [0.2, 0.25) is 0 Å². The van der Waals surface area contributed by atoms with E-state index < -0.39 is 0 Å². The zero-order valence-corrected chi connectivity index (χ0v) is 23.4. The lowest BCUT2D eigenvalue weighted by Crippen LogP contribution is -2.54. The minimum absolute atomic E-state index is 0.470. The Hall–Kier alpha value is -3.12. The Bertz CT molecular complexity index is 1200. The highest BCUT2D eigenvalue weighted by Crippen LogP contribution is 2.37. The van der Waals surface area contributed by atoms with Gasteiger partial charge >= 0.3 is 0 Å². The van der Waals surface area contributed by atoms with Gasteiger partial charge in [0.05, 0.1) is 17.1 Å². The van der Waals surface area contributed by atoms with Crippen LogP contribution in [-0.2, 0) is 0 Å². The van der Waals surface area contributed by atoms with E-state index in [1.54, 1.807) is 0 Å². The van der Waals surface area contributed by atoms with Gasteiger partial charge in [-0.25, -0.2) is 10.0 Å². The first-order valence-electron chi connectivity index (χ1n) is 13.9. The van der Waals surface area contributed by atoms with Gasteiger partial charge < -0.3 is 10.2 Å². The number of rotatable bonds is 5. The zero-order valence-electron chi connectivity index (χ0n) is 23.4. The third-order valence-electron chi connectivity index (χ3n) is 8.13. The lowest BCUT2D eigenvalue weighted by molar-refractivity contribution is 0.218. The average molecular weight is 499 g/mol. The van der Waals surface area contributed by atoms with E-state index in [0.29, 0.717) is 18.0 Å². The Morgan fingerprint density at radius 1 is 1.19 bits per heavy atom. The Morgan fingerprint density at radius 3 is 2.57 bits per heavy atom. The maximum Gasteiger partial charge on any atom is 0.140 e. The highest BCUT2D eigenvalue weighted by molar-refractivity contribution is 6.13. The quantitative estimate of drug-likeness (QED) is 0.490. The smallest absolute Gasteiger partial charge is 0.140 e. The number of piperazine rings is 1. The van der Waals surface area contributed by atoms with Gasteiger partial charge in [-0.2, -0.15) is 5.10 Å². The standard InChI is InChI=1S/C31H42N6/c1-8-20(2)22(4)16-37-25(7)12-13-28(34-37)29-15-30(26-10-9-11-26)36-19-27(14-21(3)31(36)33-29)35-17-23(5)32-24(6)18-35/h12-16,19-20,23-24,32H,7-11,17-18H2,1-6H3/b22-16-/t20?,23-,24+. The third kappa shape index (κ3) is 5.17. The van der Waals surface area contributed by atoms with E-state index >= 15 is 0 Å². The molecule has 1 unspecified atom stereocenters. The van der Waals surface area contributed by atoms with E-state index in [9.17, 15) is 0 Å². The summed E-state index contributed by atoms with van der Waals surface area (Å²) in [6, 6.07) is 0.940. The van der Waals surface area contributed by atoms with Crippen LogP contribution in [0.4, 0.5) is 0 Å². The first kappa shape index (κ1) is 25.5. The molecule has 6 heteroatoms. The van der Waals surface area contributed by atoms with Gasteiger partial charge in [-0.1, -0.05) is 26.0 Å². The van der Waals surface area contributed by atoms with Gasteiger partial charge in [0, 0.05) is 43.3 Å². The highest BCUT2D eigenvalue weighted by Gasteiger charge is 2.31. The van der Waals surface area contributed by atoms with Gasteiger partial charge in [-0.3, -0.25) is 4.90 Å². The van der Waals surface area contributed by atoms with Crippen molar-refractivity contribution in [2.45, 2.75) is 79.3 Å². The number of nitrogens with one attached hydrogen (secondary N) is 1. The number of hydrazone groups is 1. The van der Waals surface area contributed by atoms with Crippen LogP contribution in [0, 0.1) is 5.92 Å². The van der Waals surface area contributed by atoms with Crippen LogP contribution in [0.25, 0.3) is 0 Å². The summed E-state index contributed by atoms with van der Waals surface area (Å²) >= 11 is 0. The maximum absolute atomic E-state index is 5.17. The Balaban J connectivity index is 1.50. The van der Waals surface area contributed by atoms with Crippen LogP contribution in [-0.4, -0.2) is 51.5 Å². The SMILES string of the molecule is C=C1C=CC(C2=CC(=C3CCC3)N3C=C(N4C[C@@H](C)N[C@@H](C)C4)C=C(C)C3=N2)=NN1/C=C(/C)C(C)CC.